The topological polar surface area (TPSA) is 207 Å². The lowest BCUT2D eigenvalue weighted by atomic mass is 9.82. The van der Waals surface area contributed by atoms with E-state index in [4.69, 9.17) is 18.6 Å². The van der Waals surface area contributed by atoms with Crippen LogP contribution in [0.1, 0.15) is 109 Å². The van der Waals surface area contributed by atoms with Crippen LogP contribution in [0.15, 0.2) is 102 Å². The molecule has 4 N–H and O–H groups in total. The Morgan fingerprint density at radius 2 is 1.15 bits per heavy atom. The number of fused-ring (bicyclic) bond motifs is 2. The minimum Gasteiger partial charge on any atom is -0.383 e. The number of benzene rings is 7. The maximum absolute atomic E-state index is 14.9. The number of allylic oxidation sites excluding steroid dienone is 2. The van der Waals surface area contributed by atoms with Crippen LogP contribution in [0.2, 0.25) is 0 Å². The fourth-order valence-electron chi connectivity index (χ4n) is 9.95. The van der Waals surface area contributed by atoms with Gasteiger partial charge in [0.25, 0.3) is 31.7 Å². The fourth-order valence-corrected chi connectivity index (χ4v) is 10.6. The van der Waals surface area contributed by atoms with E-state index in [0.29, 0.717) is 23.2 Å². The summed E-state index contributed by atoms with van der Waals surface area (Å²) >= 11 is 0. The third-order valence-corrected chi connectivity index (χ3v) is 16.2. The van der Waals surface area contributed by atoms with E-state index < -0.39 is 31.7 Å². The van der Waals surface area contributed by atoms with Gasteiger partial charge in [-0.3, -0.25) is 28.1 Å². The first kappa shape index (κ1) is 58.9. The monoisotopic (exact) mass is 1100 g/mol. The molecule has 7 aromatic carbocycles. The Labute approximate surface area is 457 Å². The number of pyridine rings is 1. The summed E-state index contributed by atoms with van der Waals surface area (Å²) in [6.45, 7) is 23.6. The summed E-state index contributed by atoms with van der Waals surface area (Å²) in [5.41, 5.74) is 10.2. The van der Waals surface area contributed by atoms with Crippen molar-refractivity contribution in [3.63, 3.8) is 0 Å². The predicted octanol–water partition coefficient (Wildman–Crippen LogP) is 11.1. The van der Waals surface area contributed by atoms with Crippen LogP contribution < -0.4 is 21.5 Å². The number of carbonyl (C=O) groups excluding carboxylic acids is 2. The van der Waals surface area contributed by atoms with Crippen molar-refractivity contribution in [1.29, 1.82) is 0 Å². The maximum atomic E-state index is 14.9. The van der Waals surface area contributed by atoms with E-state index >= 15 is 0 Å². The summed E-state index contributed by atoms with van der Waals surface area (Å²) in [4.78, 5) is 40.7. The number of ether oxygens (including phenoxy) is 2. The fraction of sp³-hybridized carbons (Fsp3) is 0.339. The van der Waals surface area contributed by atoms with E-state index in [-0.39, 0.29) is 56.1 Å². The van der Waals surface area contributed by atoms with Gasteiger partial charge in [-0.05, 0) is 150 Å². The highest BCUT2D eigenvalue weighted by atomic mass is 32.2. The van der Waals surface area contributed by atoms with Crippen molar-refractivity contribution < 1.29 is 45.0 Å². The van der Waals surface area contributed by atoms with Crippen LogP contribution in [0.25, 0.3) is 76.9 Å². The van der Waals surface area contributed by atoms with Gasteiger partial charge in [0, 0.05) is 57.4 Å². The SMILES string of the molecule is C=C(NCCOCCS(=O)(=O)O)c1ccc(-n2c(=O)c3ccc4c5ccc(C(=O)[C@H](C)CC)c6c(/C(C)=C(\C)CC)ccc(c7ccc(/c2=C/CC)c3c47)c65)c(C)c1.Cc1ccc(C(=O)NCCOCCS(=O)(=O)O)cc1C. The number of aromatic nitrogens is 1. The lowest BCUT2D eigenvalue weighted by Crippen LogP contribution is -2.33. The normalized spacial score (nSPS) is 13.1. The van der Waals surface area contributed by atoms with Crippen molar-refractivity contribution in [3.05, 3.63) is 152 Å². The number of amides is 1. The van der Waals surface area contributed by atoms with Crippen molar-refractivity contribution in [2.75, 3.05) is 51.0 Å². The molecular formula is C62H71N3O11S2. The molecule has 16 heteroatoms. The molecule has 0 unspecified atom stereocenters. The minimum absolute atomic E-state index is 0.0951. The Balaban J connectivity index is 0.000000372. The molecule has 0 fully saturated rings. The number of aryl methyl sites for hydroxylation is 3. The van der Waals surface area contributed by atoms with E-state index in [1.807, 2.05) is 74.7 Å². The number of nitrogens with one attached hydrogen (secondary N) is 2. The number of hydrogen-bond acceptors (Lipinski definition) is 10. The first-order valence-corrected chi connectivity index (χ1v) is 29.6. The summed E-state index contributed by atoms with van der Waals surface area (Å²) in [5, 5.41) is 16.8. The molecule has 1 aromatic heterocycles. The molecule has 0 saturated heterocycles. The first-order valence-electron chi connectivity index (χ1n) is 26.4. The average Bonchev–Trinajstić information content (AvgIpc) is 3.10. The zero-order valence-corrected chi connectivity index (χ0v) is 47.7. The predicted molar refractivity (Wildman–Crippen MR) is 318 cm³/mol. The zero-order chi connectivity index (χ0) is 56.8. The second kappa shape index (κ2) is 24.9. The first-order chi connectivity index (χ1) is 37.0. The number of carbonyl (C=O) groups is 2. The standard InChI is InChI=1S/C49H52N2O6S.C13H19NO5S/c1-9-12-43-39-19-16-36-35-15-14-34(31(7)28(4)10-2)44-40(48(52)29(5)11-3)20-17-37(45(35)44)38-18-21-41(47(39)46(36)38)49(53)51(43)42-22-13-33(27-30(42)6)32(8)50-23-24-57-25-26-58(54,55)56;1-10-3-4-12(9-11(10)2)13(15)14-5-6-19-7-8-20(16,17)18/h12-22,27,29,50H,8-11,23-26H2,1-7H3,(H,54,55,56);3-4,9H,5-8H2,1-2H3,(H,14,15)(H,16,17,18)/b31-28+,43-12-;/t29-;/m1./s1. The van der Waals surface area contributed by atoms with Crippen molar-refractivity contribution in [2.24, 2.45) is 5.92 Å². The molecule has 8 aromatic rings. The van der Waals surface area contributed by atoms with Crippen LogP contribution in [0.5, 0.6) is 0 Å². The Kier molecular flexibility index (Phi) is 18.8. The van der Waals surface area contributed by atoms with Crippen molar-refractivity contribution in [3.8, 4) is 5.69 Å². The van der Waals surface area contributed by atoms with Crippen LogP contribution in [0.3, 0.4) is 0 Å². The van der Waals surface area contributed by atoms with Gasteiger partial charge in [0.2, 0.25) is 0 Å². The summed E-state index contributed by atoms with van der Waals surface area (Å²) in [6.07, 6.45) is 4.55. The van der Waals surface area contributed by atoms with Gasteiger partial charge in [0.1, 0.15) is 0 Å². The van der Waals surface area contributed by atoms with Gasteiger partial charge in [-0.25, -0.2) is 0 Å². The number of hydrogen-bond donors (Lipinski definition) is 4. The Bertz CT molecular complexity index is 3970. The van der Waals surface area contributed by atoms with Crippen LogP contribution in [0, 0.1) is 26.7 Å². The van der Waals surface area contributed by atoms with Gasteiger partial charge in [-0.2, -0.15) is 16.8 Å². The van der Waals surface area contributed by atoms with Crippen molar-refractivity contribution >= 4 is 103 Å². The molecule has 1 atom stereocenters. The third kappa shape index (κ3) is 12.9. The molecule has 0 aliphatic carbocycles. The number of ketones is 1. The summed E-state index contributed by atoms with van der Waals surface area (Å²) in [5.74, 6) is -1.04. The summed E-state index contributed by atoms with van der Waals surface area (Å²) < 4.78 is 72.2. The molecule has 0 radical (unpaired) electrons. The number of nitrogens with zero attached hydrogens (tertiary/aromatic N) is 1. The highest BCUT2D eigenvalue weighted by molar-refractivity contribution is 7.86. The van der Waals surface area contributed by atoms with Crippen LogP contribution in [-0.4, -0.2) is 93.2 Å². The van der Waals surface area contributed by atoms with Gasteiger partial charge in [0.15, 0.2) is 5.78 Å². The van der Waals surface area contributed by atoms with E-state index in [2.05, 4.69) is 94.3 Å². The molecule has 0 bridgehead atoms. The Morgan fingerprint density at radius 3 is 1.71 bits per heavy atom. The minimum atomic E-state index is -4.07. The highest BCUT2D eigenvalue weighted by Gasteiger charge is 2.25. The van der Waals surface area contributed by atoms with Gasteiger partial charge in [-0.15, -0.1) is 0 Å². The molecule has 0 saturated carbocycles. The second-order valence-corrected chi connectivity index (χ2v) is 23.1. The molecule has 0 aliphatic heterocycles. The summed E-state index contributed by atoms with van der Waals surface area (Å²) in [6, 6.07) is 28.3. The largest absolute Gasteiger partial charge is 0.383 e. The molecule has 14 nitrogen and oxygen atoms in total. The summed E-state index contributed by atoms with van der Waals surface area (Å²) in [7, 11) is -8.06. The highest BCUT2D eigenvalue weighted by Crippen LogP contribution is 2.45. The van der Waals surface area contributed by atoms with E-state index in [0.717, 1.165) is 112 Å². The number of rotatable bonds is 22. The zero-order valence-electron chi connectivity index (χ0n) is 46.1. The van der Waals surface area contributed by atoms with Gasteiger partial charge in [-0.1, -0.05) is 101 Å². The van der Waals surface area contributed by atoms with E-state index in [1.54, 1.807) is 6.07 Å². The van der Waals surface area contributed by atoms with Crippen LogP contribution in [-0.2, 0) is 29.7 Å². The molecule has 412 valence electrons. The van der Waals surface area contributed by atoms with Crippen LogP contribution in [0.4, 0.5) is 0 Å². The second-order valence-electron chi connectivity index (χ2n) is 20.0. The third-order valence-electron chi connectivity index (χ3n) is 14.8. The Hall–Kier alpha value is -6.79. The van der Waals surface area contributed by atoms with Gasteiger partial charge >= 0.3 is 0 Å². The quantitative estimate of drug-likeness (QED) is 0.0164. The maximum Gasteiger partial charge on any atom is 0.267 e. The Morgan fingerprint density at radius 1 is 0.641 bits per heavy atom. The molecular weight excluding hydrogens is 1030 g/mol. The molecule has 1 heterocycles. The lowest BCUT2D eigenvalue weighted by Gasteiger charge is -2.22. The van der Waals surface area contributed by atoms with Crippen molar-refractivity contribution in [1.82, 2.24) is 15.2 Å². The lowest BCUT2D eigenvalue weighted by molar-refractivity contribution is 0.0918. The molecule has 0 aliphatic rings. The van der Waals surface area contributed by atoms with Gasteiger partial charge in [0.05, 0.1) is 49.0 Å². The molecule has 0 spiro atoms. The van der Waals surface area contributed by atoms with Crippen molar-refractivity contribution in [2.45, 2.75) is 81.6 Å². The van der Waals surface area contributed by atoms with E-state index in [1.165, 1.54) is 11.1 Å². The molecule has 8 rings (SSSR count). The smallest absolute Gasteiger partial charge is 0.267 e. The molecule has 1 amide bonds. The van der Waals surface area contributed by atoms with Gasteiger partial charge < -0.3 is 20.1 Å². The average molecular weight is 1100 g/mol. The van der Waals surface area contributed by atoms with Crippen LogP contribution >= 0.6 is 0 Å². The van der Waals surface area contributed by atoms with E-state index in [9.17, 15) is 31.2 Å². The molecule has 78 heavy (non-hydrogen) atoms. The number of Topliss-reactive ketones (excluding diaryl/α,β-unsaturated/α-hetero) is 1.